The summed E-state index contributed by atoms with van der Waals surface area (Å²) in [5.41, 5.74) is 10.3. The lowest BCUT2D eigenvalue weighted by Crippen LogP contribution is -2.10. The predicted molar refractivity (Wildman–Crippen MR) is 212 cm³/mol. The zero-order valence-electron chi connectivity index (χ0n) is 27.6. The van der Waals surface area contributed by atoms with Crippen LogP contribution in [-0.4, -0.2) is 29.9 Å². The van der Waals surface area contributed by atoms with E-state index in [4.69, 9.17) is 15.0 Å². The van der Waals surface area contributed by atoms with Crippen molar-refractivity contribution in [2.24, 2.45) is 0 Å². The number of aromatic nitrogens is 6. The molecule has 10 rings (SSSR count). The van der Waals surface area contributed by atoms with E-state index in [9.17, 15) is 0 Å². The second-order valence-corrected chi connectivity index (χ2v) is 13.5. The van der Waals surface area contributed by atoms with Crippen LogP contribution in [0.1, 0.15) is 0 Å². The average molecular weight is 686 g/mol. The number of hydrogen-bond donors (Lipinski definition) is 0. The third-order valence-corrected chi connectivity index (χ3v) is 10.4. The molecule has 0 aliphatic carbocycles. The van der Waals surface area contributed by atoms with Crippen molar-refractivity contribution >= 4 is 70.8 Å². The van der Waals surface area contributed by atoms with Crippen molar-refractivity contribution in [2.45, 2.75) is 0 Å². The van der Waals surface area contributed by atoms with Gasteiger partial charge in [0.1, 0.15) is 11.2 Å². The van der Waals surface area contributed by atoms with Gasteiger partial charge < -0.3 is 4.90 Å². The average Bonchev–Trinajstić information content (AvgIpc) is 3.61. The van der Waals surface area contributed by atoms with Crippen molar-refractivity contribution in [3.8, 4) is 33.8 Å². The van der Waals surface area contributed by atoms with E-state index in [2.05, 4.69) is 129 Å². The molecule has 0 amide bonds. The fraction of sp³-hybridized carbons (Fsp3) is 0. The maximum Gasteiger partial charge on any atom is 0.159 e. The van der Waals surface area contributed by atoms with E-state index in [1.54, 1.807) is 30.1 Å². The van der Waals surface area contributed by atoms with Gasteiger partial charge in [-0.15, -0.1) is 11.3 Å². The molecule has 6 heterocycles. The van der Waals surface area contributed by atoms with E-state index in [-0.39, 0.29) is 0 Å². The molecule has 0 fully saturated rings. The quantitative estimate of drug-likeness (QED) is 0.172. The topological polar surface area (TPSA) is 80.6 Å². The first kappa shape index (κ1) is 30.0. The molecule has 6 aromatic heterocycles. The van der Waals surface area contributed by atoms with Gasteiger partial charge >= 0.3 is 0 Å². The minimum Gasteiger partial charge on any atom is -0.311 e. The van der Waals surface area contributed by atoms with Crippen molar-refractivity contribution in [1.82, 2.24) is 29.9 Å². The summed E-state index contributed by atoms with van der Waals surface area (Å²) < 4.78 is 1.21. The van der Waals surface area contributed by atoms with Crippen LogP contribution in [0.5, 0.6) is 0 Å². The molecule has 0 unspecified atom stereocenters. The van der Waals surface area contributed by atoms with Gasteiger partial charge in [-0.2, -0.15) is 0 Å². The standard InChI is InChI=1S/C44H27N7S/c1-2-8-39-36(7-1)40-41(47-27-48-44(40)52-39)30-13-21-35(22-14-30)51(33-17-9-28(10-18-33)37-23-15-31-5-3-25-45-42(31)49-37)34-19-11-29(12-20-34)38-24-16-32-6-4-26-46-43(32)50-38/h1-27H. The van der Waals surface area contributed by atoms with Crippen LogP contribution in [0.2, 0.25) is 0 Å². The first-order valence-corrected chi connectivity index (χ1v) is 17.7. The predicted octanol–water partition coefficient (Wildman–Crippen LogP) is 11.2. The summed E-state index contributed by atoms with van der Waals surface area (Å²) in [6.07, 6.45) is 5.22. The number of pyridine rings is 4. The van der Waals surface area contributed by atoms with Crippen LogP contribution in [0.15, 0.2) is 164 Å². The Morgan fingerprint density at radius 3 is 1.56 bits per heavy atom. The lowest BCUT2D eigenvalue weighted by Gasteiger charge is -2.26. The first-order chi connectivity index (χ1) is 25.7. The minimum absolute atomic E-state index is 0.735. The summed E-state index contributed by atoms with van der Waals surface area (Å²) >= 11 is 1.70. The maximum atomic E-state index is 4.82. The van der Waals surface area contributed by atoms with Gasteiger partial charge in [0.05, 0.1) is 17.1 Å². The molecule has 0 radical (unpaired) electrons. The van der Waals surface area contributed by atoms with Crippen molar-refractivity contribution in [3.63, 3.8) is 0 Å². The van der Waals surface area contributed by atoms with E-state index >= 15 is 0 Å². The minimum atomic E-state index is 0.735. The number of benzene rings is 4. The summed E-state index contributed by atoms with van der Waals surface area (Å²) in [7, 11) is 0. The zero-order chi connectivity index (χ0) is 34.4. The smallest absolute Gasteiger partial charge is 0.159 e. The molecule has 244 valence electrons. The Hall–Kier alpha value is -6.90. The Labute approximate surface area is 302 Å². The normalized spacial score (nSPS) is 11.5. The van der Waals surface area contributed by atoms with Crippen molar-refractivity contribution in [2.75, 3.05) is 4.90 Å². The molecule has 0 aliphatic heterocycles. The molecule has 0 atom stereocenters. The molecule has 0 N–H and O–H groups in total. The zero-order valence-corrected chi connectivity index (χ0v) is 28.4. The van der Waals surface area contributed by atoms with Crippen LogP contribution >= 0.6 is 11.3 Å². The fourth-order valence-corrected chi connectivity index (χ4v) is 7.82. The van der Waals surface area contributed by atoms with Crippen molar-refractivity contribution in [1.29, 1.82) is 0 Å². The molecule has 4 aromatic carbocycles. The molecule has 0 saturated heterocycles. The molecular formula is C44H27N7S. The van der Waals surface area contributed by atoms with Gasteiger partial charge in [-0.25, -0.2) is 29.9 Å². The molecule has 8 heteroatoms. The van der Waals surface area contributed by atoms with Gasteiger partial charge in [-0.1, -0.05) is 54.6 Å². The maximum absolute atomic E-state index is 4.82. The largest absolute Gasteiger partial charge is 0.311 e. The first-order valence-electron chi connectivity index (χ1n) is 16.9. The lowest BCUT2D eigenvalue weighted by molar-refractivity contribution is 1.23. The molecular weight excluding hydrogens is 659 g/mol. The molecule has 0 bridgehead atoms. The van der Waals surface area contributed by atoms with E-state index in [1.807, 2.05) is 36.4 Å². The van der Waals surface area contributed by atoms with E-state index in [0.29, 0.717) is 0 Å². The highest BCUT2D eigenvalue weighted by molar-refractivity contribution is 7.25. The summed E-state index contributed by atoms with van der Waals surface area (Å²) in [6.45, 7) is 0. The summed E-state index contributed by atoms with van der Waals surface area (Å²) in [5, 5.41) is 4.31. The molecule has 0 aliphatic rings. The number of nitrogens with zero attached hydrogens (tertiary/aromatic N) is 7. The molecule has 52 heavy (non-hydrogen) atoms. The Morgan fingerprint density at radius 1 is 0.442 bits per heavy atom. The van der Waals surface area contributed by atoms with Gasteiger partial charge in [-0.3, -0.25) is 0 Å². The van der Waals surface area contributed by atoms with E-state index in [1.165, 1.54) is 10.1 Å². The van der Waals surface area contributed by atoms with Crippen molar-refractivity contribution < 1.29 is 0 Å². The van der Waals surface area contributed by atoms with Gasteiger partial charge in [-0.05, 0) is 91.0 Å². The second kappa shape index (κ2) is 12.5. The third kappa shape index (κ3) is 5.30. The van der Waals surface area contributed by atoms with Crippen LogP contribution < -0.4 is 4.90 Å². The number of rotatable bonds is 6. The van der Waals surface area contributed by atoms with Crippen LogP contribution in [0.3, 0.4) is 0 Å². The van der Waals surface area contributed by atoms with Gasteiger partial charge in [0.15, 0.2) is 11.3 Å². The van der Waals surface area contributed by atoms with Gasteiger partial charge in [0.2, 0.25) is 0 Å². The number of thiophene rings is 1. The lowest BCUT2D eigenvalue weighted by atomic mass is 10.0. The Kier molecular flexibility index (Phi) is 7.18. The van der Waals surface area contributed by atoms with Crippen molar-refractivity contribution in [3.05, 3.63) is 164 Å². The fourth-order valence-electron chi connectivity index (χ4n) is 6.78. The van der Waals surface area contributed by atoms with Crippen LogP contribution in [0.25, 0.3) is 76.1 Å². The summed E-state index contributed by atoms with van der Waals surface area (Å²) in [5.74, 6) is 0. The van der Waals surface area contributed by atoms with Crippen LogP contribution in [0, 0.1) is 0 Å². The Morgan fingerprint density at radius 2 is 0.981 bits per heavy atom. The monoisotopic (exact) mass is 685 g/mol. The van der Waals surface area contributed by atoms with Gasteiger partial charge in [0.25, 0.3) is 0 Å². The number of fused-ring (bicyclic) bond motifs is 5. The molecule has 0 saturated carbocycles. The van der Waals surface area contributed by atoms with Crippen LogP contribution in [0.4, 0.5) is 17.1 Å². The van der Waals surface area contributed by atoms with Gasteiger partial charge in [0, 0.05) is 72.4 Å². The summed E-state index contributed by atoms with van der Waals surface area (Å²) in [4.78, 5) is 31.2. The van der Waals surface area contributed by atoms with E-state index in [0.717, 1.165) is 83.1 Å². The molecule has 0 spiro atoms. The number of hydrogen-bond acceptors (Lipinski definition) is 8. The Balaban J connectivity index is 1.04. The highest BCUT2D eigenvalue weighted by Crippen LogP contribution is 2.40. The highest BCUT2D eigenvalue weighted by atomic mass is 32.1. The Bertz CT molecular complexity index is 2780. The van der Waals surface area contributed by atoms with E-state index < -0.39 is 0 Å². The second-order valence-electron chi connectivity index (χ2n) is 12.5. The SMILES string of the molecule is c1cnc2nc(-c3ccc(N(c4ccc(-c5ccc6cccnc6n5)cc4)c4ccc(-c5ncnc6sc7ccccc7c56)cc4)cc3)ccc2c1. The molecule has 10 aromatic rings. The summed E-state index contributed by atoms with van der Waals surface area (Å²) in [6, 6.07) is 50.2. The number of anilines is 3. The third-order valence-electron chi connectivity index (χ3n) is 9.34. The van der Waals surface area contributed by atoms with Crippen LogP contribution in [-0.2, 0) is 0 Å². The molecule has 7 nitrogen and oxygen atoms in total. The highest BCUT2D eigenvalue weighted by Gasteiger charge is 2.17.